The maximum Gasteiger partial charge on any atom is 0.213 e. The van der Waals surface area contributed by atoms with Crippen LogP contribution in [0.1, 0.15) is 31.9 Å². The number of rotatable bonds is 9. The average Bonchev–Trinajstić information content (AvgIpc) is 3.21. The fourth-order valence-electron chi connectivity index (χ4n) is 1.62. The average molecular weight is 250 g/mol. The van der Waals surface area contributed by atoms with Gasteiger partial charge in [0.25, 0.3) is 0 Å². The molecule has 1 N–H and O–H groups in total. The minimum absolute atomic E-state index is 0.562. The predicted molar refractivity (Wildman–Crippen MR) is 70.7 cm³/mol. The molecule has 18 heavy (non-hydrogen) atoms. The van der Waals surface area contributed by atoms with Crippen molar-refractivity contribution in [3.63, 3.8) is 0 Å². The first kappa shape index (κ1) is 13.3. The van der Waals surface area contributed by atoms with Gasteiger partial charge in [-0.05, 0) is 25.3 Å². The van der Waals surface area contributed by atoms with Crippen LogP contribution in [0.5, 0.6) is 5.88 Å². The SMILES string of the molecule is CCCOCCOc1cccc(CNC2CC2)n1. The lowest BCUT2D eigenvalue weighted by Crippen LogP contribution is -2.16. The van der Waals surface area contributed by atoms with E-state index in [0.29, 0.717) is 25.1 Å². The summed E-state index contributed by atoms with van der Waals surface area (Å²) in [6.45, 7) is 4.90. The van der Waals surface area contributed by atoms with Crippen LogP contribution in [0, 0.1) is 0 Å². The molecule has 0 amide bonds. The molecular formula is C14H22N2O2. The lowest BCUT2D eigenvalue weighted by Gasteiger charge is -2.07. The minimum atomic E-state index is 0.562. The quantitative estimate of drug-likeness (QED) is 0.682. The lowest BCUT2D eigenvalue weighted by atomic mass is 10.3. The Labute approximate surface area is 109 Å². The van der Waals surface area contributed by atoms with Gasteiger partial charge >= 0.3 is 0 Å². The molecule has 1 saturated carbocycles. The molecule has 0 saturated heterocycles. The fraction of sp³-hybridized carbons (Fsp3) is 0.643. The van der Waals surface area contributed by atoms with Gasteiger partial charge in [0.1, 0.15) is 6.61 Å². The zero-order valence-electron chi connectivity index (χ0n) is 11.0. The topological polar surface area (TPSA) is 43.4 Å². The van der Waals surface area contributed by atoms with E-state index in [2.05, 4.69) is 17.2 Å². The molecule has 1 aliphatic carbocycles. The van der Waals surface area contributed by atoms with Crippen LogP contribution < -0.4 is 10.1 Å². The summed E-state index contributed by atoms with van der Waals surface area (Å²) < 4.78 is 10.9. The number of nitrogens with zero attached hydrogens (tertiary/aromatic N) is 1. The van der Waals surface area contributed by atoms with Gasteiger partial charge in [-0.15, -0.1) is 0 Å². The van der Waals surface area contributed by atoms with Crippen LogP contribution in [-0.4, -0.2) is 30.8 Å². The van der Waals surface area contributed by atoms with Gasteiger partial charge in [-0.25, -0.2) is 4.98 Å². The first-order valence-electron chi connectivity index (χ1n) is 6.78. The molecule has 0 aliphatic heterocycles. The zero-order chi connectivity index (χ0) is 12.6. The van der Waals surface area contributed by atoms with Crippen molar-refractivity contribution in [1.29, 1.82) is 0 Å². The number of nitrogens with one attached hydrogen (secondary N) is 1. The van der Waals surface area contributed by atoms with Crippen molar-refractivity contribution >= 4 is 0 Å². The van der Waals surface area contributed by atoms with Gasteiger partial charge in [0.15, 0.2) is 0 Å². The maximum atomic E-state index is 5.55. The molecule has 1 heterocycles. The number of pyridine rings is 1. The summed E-state index contributed by atoms with van der Waals surface area (Å²) in [5.41, 5.74) is 1.04. The molecule has 4 nitrogen and oxygen atoms in total. The number of hydrogen-bond donors (Lipinski definition) is 1. The van der Waals surface area contributed by atoms with Crippen molar-refractivity contribution in [3.05, 3.63) is 23.9 Å². The van der Waals surface area contributed by atoms with Crippen LogP contribution in [0.25, 0.3) is 0 Å². The van der Waals surface area contributed by atoms with Crippen LogP contribution in [0.15, 0.2) is 18.2 Å². The van der Waals surface area contributed by atoms with Crippen molar-refractivity contribution in [3.8, 4) is 5.88 Å². The molecule has 0 unspecified atom stereocenters. The van der Waals surface area contributed by atoms with Crippen LogP contribution in [0.2, 0.25) is 0 Å². The van der Waals surface area contributed by atoms with Crippen molar-refractivity contribution in [1.82, 2.24) is 10.3 Å². The van der Waals surface area contributed by atoms with Crippen LogP contribution in [-0.2, 0) is 11.3 Å². The molecule has 1 aromatic heterocycles. The Kier molecular flexibility index (Phi) is 5.42. The third kappa shape index (κ3) is 5.02. The Bertz CT molecular complexity index is 353. The number of ether oxygens (including phenoxy) is 2. The second-order valence-corrected chi connectivity index (χ2v) is 4.58. The molecule has 1 aromatic rings. The van der Waals surface area contributed by atoms with Crippen molar-refractivity contribution < 1.29 is 9.47 Å². The second kappa shape index (κ2) is 7.34. The Morgan fingerprint density at radius 1 is 1.28 bits per heavy atom. The summed E-state index contributed by atoms with van der Waals surface area (Å²) in [5.74, 6) is 0.685. The van der Waals surface area contributed by atoms with Gasteiger partial charge < -0.3 is 14.8 Å². The Hall–Kier alpha value is -1.13. The molecule has 0 aromatic carbocycles. The van der Waals surface area contributed by atoms with E-state index in [9.17, 15) is 0 Å². The van der Waals surface area contributed by atoms with Crippen LogP contribution in [0.3, 0.4) is 0 Å². The fourth-order valence-corrected chi connectivity index (χ4v) is 1.62. The van der Waals surface area contributed by atoms with Crippen LogP contribution in [0.4, 0.5) is 0 Å². The minimum Gasteiger partial charge on any atom is -0.475 e. The van der Waals surface area contributed by atoms with E-state index < -0.39 is 0 Å². The summed E-state index contributed by atoms with van der Waals surface area (Å²) >= 11 is 0. The smallest absolute Gasteiger partial charge is 0.213 e. The van der Waals surface area contributed by atoms with Gasteiger partial charge in [-0.2, -0.15) is 0 Å². The highest BCUT2D eigenvalue weighted by atomic mass is 16.5. The van der Waals surface area contributed by atoms with Crippen LogP contribution >= 0.6 is 0 Å². The standard InChI is InChI=1S/C14H22N2O2/c1-2-8-17-9-10-18-14-5-3-4-13(16-14)11-15-12-6-7-12/h3-5,12,15H,2,6-11H2,1H3. The third-order valence-electron chi connectivity index (χ3n) is 2.76. The first-order valence-corrected chi connectivity index (χ1v) is 6.78. The van der Waals surface area contributed by atoms with E-state index in [1.54, 1.807) is 0 Å². The van der Waals surface area contributed by atoms with Gasteiger partial charge in [0.05, 0.1) is 12.3 Å². The molecule has 0 bridgehead atoms. The third-order valence-corrected chi connectivity index (χ3v) is 2.76. The zero-order valence-corrected chi connectivity index (χ0v) is 11.0. The number of aromatic nitrogens is 1. The molecule has 2 rings (SSSR count). The highest BCUT2D eigenvalue weighted by Crippen LogP contribution is 2.19. The van der Waals surface area contributed by atoms with Gasteiger partial charge in [-0.3, -0.25) is 0 Å². The molecular weight excluding hydrogens is 228 g/mol. The second-order valence-electron chi connectivity index (χ2n) is 4.58. The Morgan fingerprint density at radius 2 is 2.17 bits per heavy atom. The molecule has 4 heteroatoms. The molecule has 0 radical (unpaired) electrons. The Balaban J connectivity index is 1.68. The van der Waals surface area contributed by atoms with Crippen molar-refractivity contribution in [2.45, 2.75) is 38.8 Å². The van der Waals surface area contributed by atoms with Crippen molar-refractivity contribution in [2.24, 2.45) is 0 Å². The van der Waals surface area contributed by atoms with Gasteiger partial charge in [-0.1, -0.05) is 13.0 Å². The van der Waals surface area contributed by atoms with E-state index in [0.717, 1.165) is 25.3 Å². The number of hydrogen-bond acceptors (Lipinski definition) is 4. The maximum absolute atomic E-state index is 5.55. The molecule has 1 aliphatic rings. The lowest BCUT2D eigenvalue weighted by molar-refractivity contribution is 0.0989. The first-order chi connectivity index (χ1) is 8.88. The summed E-state index contributed by atoms with van der Waals surface area (Å²) in [5, 5.41) is 3.44. The summed E-state index contributed by atoms with van der Waals surface area (Å²) in [6, 6.07) is 6.61. The van der Waals surface area contributed by atoms with Gasteiger partial charge in [0, 0.05) is 25.3 Å². The molecule has 100 valence electrons. The molecule has 1 fully saturated rings. The van der Waals surface area contributed by atoms with Gasteiger partial charge in [0.2, 0.25) is 5.88 Å². The highest BCUT2D eigenvalue weighted by molar-refractivity contribution is 5.15. The normalized spacial score (nSPS) is 14.7. The van der Waals surface area contributed by atoms with E-state index in [-0.39, 0.29) is 0 Å². The predicted octanol–water partition coefficient (Wildman–Crippen LogP) is 2.14. The summed E-state index contributed by atoms with van der Waals surface area (Å²) in [7, 11) is 0. The van der Waals surface area contributed by atoms with Crippen molar-refractivity contribution in [2.75, 3.05) is 19.8 Å². The largest absolute Gasteiger partial charge is 0.475 e. The summed E-state index contributed by atoms with van der Waals surface area (Å²) in [4.78, 5) is 4.45. The molecule has 0 spiro atoms. The van der Waals surface area contributed by atoms with E-state index in [4.69, 9.17) is 9.47 Å². The summed E-state index contributed by atoms with van der Waals surface area (Å²) in [6.07, 6.45) is 3.64. The monoisotopic (exact) mass is 250 g/mol. The van der Waals surface area contributed by atoms with E-state index >= 15 is 0 Å². The molecule has 0 atom stereocenters. The van der Waals surface area contributed by atoms with E-state index in [1.165, 1.54) is 12.8 Å². The highest BCUT2D eigenvalue weighted by Gasteiger charge is 2.20. The van der Waals surface area contributed by atoms with E-state index in [1.807, 2.05) is 18.2 Å². The Morgan fingerprint density at radius 3 is 2.94 bits per heavy atom.